The molecule has 0 unspecified atom stereocenters. The van der Waals surface area contributed by atoms with Crippen molar-refractivity contribution in [1.82, 2.24) is 10.2 Å². The molecule has 0 bridgehead atoms. The molecule has 1 aromatic rings. The first-order valence-corrected chi connectivity index (χ1v) is 10.2. The zero-order valence-electron chi connectivity index (χ0n) is 15.1. The van der Waals surface area contributed by atoms with Crippen LogP contribution in [0.2, 0.25) is 0 Å². The number of carbonyl (C=O) groups is 2. The Hall–Kier alpha value is -2.13. The van der Waals surface area contributed by atoms with Gasteiger partial charge in [0.2, 0.25) is 15.9 Å². The third-order valence-electron chi connectivity index (χ3n) is 4.19. The van der Waals surface area contributed by atoms with Gasteiger partial charge in [0.05, 0.1) is 4.90 Å². The summed E-state index contributed by atoms with van der Waals surface area (Å²) in [5.41, 5.74) is 0.346. The standard InChI is InChI=1S/C17H26N4O4S/c1-12(2)10-16(22)21-8-6-13(7-9-21)19-17(23)20-14-4-3-5-15(11-14)26(18,24)25/h3-5,11-13H,6-10H2,1-2H3,(H2,18,24,25)(H2,19,20,23). The summed E-state index contributed by atoms with van der Waals surface area (Å²) in [6, 6.07) is 5.32. The van der Waals surface area contributed by atoms with E-state index in [0.29, 0.717) is 44.0 Å². The predicted octanol–water partition coefficient (Wildman–Crippen LogP) is 1.49. The number of rotatable bonds is 5. The van der Waals surface area contributed by atoms with E-state index in [4.69, 9.17) is 5.14 Å². The first-order chi connectivity index (χ1) is 12.1. The number of carbonyl (C=O) groups excluding carboxylic acids is 2. The van der Waals surface area contributed by atoms with Crippen LogP contribution < -0.4 is 15.8 Å². The van der Waals surface area contributed by atoms with Gasteiger partial charge in [-0.05, 0) is 37.0 Å². The van der Waals surface area contributed by atoms with Gasteiger partial charge in [-0.3, -0.25) is 4.79 Å². The van der Waals surface area contributed by atoms with Crippen molar-refractivity contribution in [2.75, 3.05) is 18.4 Å². The number of hydrogen-bond acceptors (Lipinski definition) is 4. The van der Waals surface area contributed by atoms with E-state index in [2.05, 4.69) is 10.6 Å². The van der Waals surface area contributed by atoms with E-state index in [-0.39, 0.29) is 16.8 Å². The SMILES string of the molecule is CC(C)CC(=O)N1CCC(NC(=O)Nc2cccc(S(N)(=O)=O)c2)CC1. The van der Waals surface area contributed by atoms with Crippen LogP contribution in [0.25, 0.3) is 0 Å². The summed E-state index contributed by atoms with van der Waals surface area (Å²) in [6.07, 6.45) is 1.92. The lowest BCUT2D eigenvalue weighted by Crippen LogP contribution is -2.47. The van der Waals surface area contributed by atoms with Crippen molar-refractivity contribution in [1.29, 1.82) is 0 Å². The second kappa shape index (κ2) is 8.50. The highest BCUT2D eigenvalue weighted by Gasteiger charge is 2.24. The molecule has 4 N–H and O–H groups in total. The number of hydrogen-bond donors (Lipinski definition) is 3. The molecule has 1 aromatic carbocycles. The van der Waals surface area contributed by atoms with E-state index in [9.17, 15) is 18.0 Å². The van der Waals surface area contributed by atoms with Gasteiger partial charge in [0.1, 0.15) is 0 Å². The fraction of sp³-hybridized carbons (Fsp3) is 0.529. The van der Waals surface area contributed by atoms with Gasteiger partial charge in [-0.1, -0.05) is 19.9 Å². The molecule has 2 rings (SSSR count). The summed E-state index contributed by atoms with van der Waals surface area (Å²) in [6.45, 7) is 5.28. The molecule has 144 valence electrons. The molecule has 1 aliphatic heterocycles. The number of nitrogens with zero attached hydrogens (tertiary/aromatic N) is 1. The number of urea groups is 1. The van der Waals surface area contributed by atoms with Gasteiger partial charge in [0, 0.05) is 31.2 Å². The summed E-state index contributed by atoms with van der Waals surface area (Å²) in [7, 11) is -3.82. The maximum Gasteiger partial charge on any atom is 0.319 e. The molecule has 0 saturated carbocycles. The van der Waals surface area contributed by atoms with E-state index < -0.39 is 16.1 Å². The zero-order valence-corrected chi connectivity index (χ0v) is 15.9. The molecule has 0 radical (unpaired) electrons. The van der Waals surface area contributed by atoms with Crippen LogP contribution in [0.5, 0.6) is 0 Å². The van der Waals surface area contributed by atoms with Crippen molar-refractivity contribution in [3.8, 4) is 0 Å². The van der Waals surface area contributed by atoms with Gasteiger partial charge in [-0.15, -0.1) is 0 Å². The maximum absolute atomic E-state index is 12.1. The molecule has 1 aliphatic rings. The molecule has 0 atom stereocenters. The molecule has 0 aliphatic carbocycles. The molecule has 0 aromatic heterocycles. The van der Waals surface area contributed by atoms with Gasteiger partial charge in [0.15, 0.2) is 0 Å². The Labute approximate surface area is 154 Å². The highest BCUT2D eigenvalue weighted by molar-refractivity contribution is 7.89. The number of sulfonamides is 1. The third-order valence-corrected chi connectivity index (χ3v) is 5.10. The first-order valence-electron chi connectivity index (χ1n) is 8.63. The van der Waals surface area contributed by atoms with Crippen molar-refractivity contribution < 1.29 is 18.0 Å². The summed E-state index contributed by atoms with van der Waals surface area (Å²) >= 11 is 0. The summed E-state index contributed by atoms with van der Waals surface area (Å²) < 4.78 is 22.7. The predicted molar refractivity (Wildman–Crippen MR) is 99.0 cm³/mol. The van der Waals surface area contributed by atoms with Crippen molar-refractivity contribution in [3.63, 3.8) is 0 Å². The number of piperidine rings is 1. The fourth-order valence-electron chi connectivity index (χ4n) is 2.85. The second-order valence-corrected chi connectivity index (χ2v) is 8.49. The molecular weight excluding hydrogens is 356 g/mol. The molecule has 1 saturated heterocycles. The molecular formula is C17H26N4O4S. The van der Waals surface area contributed by atoms with Crippen LogP contribution in [0.1, 0.15) is 33.1 Å². The number of nitrogens with one attached hydrogen (secondary N) is 2. The third kappa shape index (κ3) is 5.99. The highest BCUT2D eigenvalue weighted by atomic mass is 32.2. The van der Waals surface area contributed by atoms with E-state index in [1.54, 1.807) is 6.07 Å². The van der Waals surface area contributed by atoms with Crippen molar-refractivity contribution in [3.05, 3.63) is 24.3 Å². The number of benzene rings is 1. The summed E-state index contributed by atoms with van der Waals surface area (Å²) in [5.74, 6) is 0.486. The lowest BCUT2D eigenvalue weighted by molar-refractivity contribution is -0.133. The molecule has 1 heterocycles. The number of amides is 3. The van der Waals surface area contributed by atoms with Crippen molar-refractivity contribution >= 4 is 27.6 Å². The fourth-order valence-corrected chi connectivity index (χ4v) is 3.41. The smallest absolute Gasteiger partial charge is 0.319 e. The normalized spacial score (nSPS) is 15.8. The Morgan fingerprint density at radius 1 is 1.27 bits per heavy atom. The Kier molecular flexibility index (Phi) is 6.60. The van der Waals surface area contributed by atoms with E-state index in [0.717, 1.165) is 0 Å². The van der Waals surface area contributed by atoms with E-state index in [1.165, 1.54) is 18.2 Å². The Morgan fingerprint density at radius 3 is 2.50 bits per heavy atom. The van der Waals surface area contributed by atoms with Crippen LogP contribution in [0.4, 0.5) is 10.5 Å². The Balaban J connectivity index is 1.84. The van der Waals surface area contributed by atoms with Crippen LogP contribution in [0, 0.1) is 5.92 Å². The molecule has 3 amide bonds. The van der Waals surface area contributed by atoms with Crippen LogP contribution in [0.15, 0.2) is 29.2 Å². The van der Waals surface area contributed by atoms with E-state index >= 15 is 0 Å². The van der Waals surface area contributed by atoms with Crippen LogP contribution in [0.3, 0.4) is 0 Å². The van der Waals surface area contributed by atoms with Crippen LogP contribution in [-0.2, 0) is 14.8 Å². The average molecular weight is 382 g/mol. The van der Waals surface area contributed by atoms with Gasteiger partial charge in [-0.2, -0.15) is 0 Å². The lowest BCUT2D eigenvalue weighted by atomic mass is 10.0. The topological polar surface area (TPSA) is 122 Å². The van der Waals surface area contributed by atoms with Gasteiger partial charge >= 0.3 is 6.03 Å². The Bertz CT molecular complexity index is 756. The lowest BCUT2D eigenvalue weighted by Gasteiger charge is -2.32. The largest absolute Gasteiger partial charge is 0.343 e. The first kappa shape index (κ1) is 20.2. The number of likely N-dealkylation sites (tertiary alicyclic amines) is 1. The van der Waals surface area contributed by atoms with Gasteiger partial charge in [0.25, 0.3) is 0 Å². The Morgan fingerprint density at radius 2 is 1.92 bits per heavy atom. The summed E-state index contributed by atoms with van der Waals surface area (Å²) in [4.78, 5) is 26.0. The molecule has 26 heavy (non-hydrogen) atoms. The monoisotopic (exact) mass is 382 g/mol. The van der Waals surface area contributed by atoms with E-state index in [1.807, 2.05) is 18.7 Å². The van der Waals surface area contributed by atoms with Crippen molar-refractivity contribution in [2.45, 2.75) is 44.0 Å². The van der Waals surface area contributed by atoms with Gasteiger partial charge in [-0.25, -0.2) is 18.4 Å². The van der Waals surface area contributed by atoms with Crippen LogP contribution in [-0.4, -0.2) is 44.4 Å². The van der Waals surface area contributed by atoms with Gasteiger partial charge < -0.3 is 15.5 Å². The molecule has 8 nitrogen and oxygen atoms in total. The quantitative estimate of drug-likeness (QED) is 0.714. The van der Waals surface area contributed by atoms with Crippen LogP contribution >= 0.6 is 0 Å². The minimum absolute atomic E-state index is 0.0282. The number of primary sulfonamides is 1. The minimum atomic E-state index is -3.82. The average Bonchev–Trinajstić information content (AvgIpc) is 2.54. The minimum Gasteiger partial charge on any atom is -0.343 e. The number of nitrogens with two attached hydrogens (primary N) is 1. The molecule has 1 fully saturated rings. The second-order valence-electron chi connectivity index (χ2n) is 6.92. The summed E-state index contributed by atoms with van der Waals surface area (Å²) in [5, 5.41) is 10.6. The maximum atomic E-state index is 12.1. The molecule has 0 spiro atoms. The molecule has 9 heteroatoms. The number of anilines is 1. The zero-order chi connectivity index (χ0) is 19.3. The van der Waals surface area contributed by atoms with Crippen molar-refractivity contribution in [2.24, 2.45) is 11.1 Å². The highest BCUT2D eigenvalue weighted by Crippen LogP contribution is 2.16.